The van der Waals surface area contributed by atoms with E-state index < -0.39 is 0 Å². The van der Waals surface area contributed by atoms with Crippen LogP contribution in [0.5, 0.6) is 0 Å². The number of aliphatic imine (C=N–C) groups is 1. The van der Waals surface area contributed by atoms with E-state index in [4.69, 9.17) is 0 Å². The zero-order valence-electron chi connectivity index (χ0n) is 27.0. The van der Waals surface area contributed by atoms with Crippen LogP contribution in [0.4, 0.5) is 14.5 Å². The monoisotopic (exact) mass is 628 g/mol. The number of nitrogens with one attached hydrogen (secondary N) is 2. The van der Waals surface area contributed by atoms with Crippen molar-refractivity contribution < 1.29 is 8.78 Å². The molecule has 1 fully saturated rings. The summed E-state index contributed by atoms with van der Waals surface area (Å²) < 4.78 is 26.2. The van der Waals surface area contributed by atoms with Crippen molar-refractivity contribution in [2.75, 3.05) is 18.4 Å². The summed E-state index contributed by atoms with van der Waals surface area (Å²) in [5, 5.41) is 9.03. The van der Waals surface area contributed by atoms with Gasteiger partial charge < -0.3 is 10.2 Å². The van der Waals surface area contributed by atoms with E-state index in [1.165, 1.54) is 23.3 Å². The normalized spacial score (nSPS) is 15.6. The molecule has 4 nitrogen and oxygen atoms in total. The molecule has 0 spiro atoms. The lowest BCUT2D eigenvalue weighted by Crippen LogP contribution is -2.43. The van der Waals surface area contributed by atoms with Crippen molar-refractivity contribution in [3.63, 3.8) is 0 Å². The maximum absolute atomic E-state index is 13.6. The third-order valence-corrected chi connectivity index (χ3v) is 9.23. The highest BCUT2D eigenvalue weighted by molar-refractivity contribution is 7.11. The lowest BCUT2D eigenvalue weighted by Gasteiger charge is -2.35. The summed E-state index contributed by atoms with van der Waals surface area (Å²) in [6.07, 6.45) is 7.18. The van der Waals surface area contributed by atoms with Gasteiger partial charge in [0.25, 0.3) is 0 Å². The Labute approximate surface area is 271 Å². The summed E-state index contributed by atoms with van der Waals surface area (Å²) >= 11 is 1.67. The topological polar surface area (TPSA) is 39.7 Å². The van der Waals surface area contributed by atoms with E-state index in [9.17, 15) is 8.78 Å². The van der Waals surface area contributed by atoms with Crippen LogP contribution in [0.1, 0.15) is 67.3 Å². The van der Waals surface area contributed by atoms with Gasteiger partial charge >= 0.3 is 0 Å². The average molecular weight is 629 g/mol. The number of likely N-dealkylation sites (tertiary alicyclic amines) is 1. The third-order valence-electron chi connectivity index (χ3n) is 8.20. The number of piperidine rings is 1. The molecule has 0 bridgehead atoms. The summed E-state index contributed by atoms with van der Waals surface area (Å²) in [6.45, 7) is 14.6. The number of fused-ring (bicyclic) bond motifs is 1. The lowest BCUT2D eigenvalue weighted by atomic mass is 10.0. The van der Waals surface area contributed by atoms with Crippen molar-refractivity contribution in [2.24, 2.45) is 4.99 Å². The zero-order chi connectivity index (χ0) is 32.2. The molecule has 0 saturated carbocycles. The van der Waals surface area contributed by atoms with E-state index in [2.05, 4.69) is 84.4 Å². The van der Waals surface area contributed by atoms with E-state index in [-0.39, 0.29) is 17.8 Å². The molecule has 4 aromatic rings. The van der Waals surface area contributed by atoms with Crippen LogP contribution in [-0.4, -0.2) is 30.4 Å². The van der Waals surface area contributed by atoms with Gasteiger partial charge in [0.2, 0.25) is 0 Å². The number of halogens is 2. The Kier molecular flexibility index (Phi) is 12.9. The van der Waals surface area contributed by atoms with Crippen LogP contribution in [0.2, 0.25) is 0 Å². The Morgan fingerprint density at radius 2 is 1.64 bits per heavy atom. The quantitative estimate of drug-likeness (QED) is 0.214. The van der Waals surface area contributed by atoms with Crippen molar-refractivity contribution >= 4 is 23.4 Å². The molecule has 2 N–H and O–H groups in total. The summed E-state index contributed by atoms with van der Waals surface area (Å²) in [5.74, 6) is -0.343. The molecule has 1 saturated heterocycles. The van der Waals surface area contributed by atoms with Gasteiger partial charge in [-0.3, -0.25) is 10.3 Å². The standard InChI is InChI=1S/C20H23FN4S.C10H13F.C8H10/c1-13(2)25-8-6-16(7-9-25)24-20-19-18(22-12-23-20)17(11-26-19)14-4-3-5-15(21)10-14;1-2-3-5-9-6-4-7-10(11)8-9;1-7-5-3-4-6-8(7)2/h3-5,10-12,16,20,24H,1,6-9H2,2H3,(H,22,23);4,6-8H,2-3,5H2,1H3;3-6H,1-2H3. The van der Waals surface area contributed by atoms with Gasteiger partial charge in [0, 0.05) is 35.8 Å². The van der Waals surface area contributed by atoms with Crippen LogP contribution in [0, 0.1) is 25.5 Å². The van der Waals surface area contributed by atoms with Crippen LogP contribution in [0.25, 0.3) is 11.1 Å². The Morgan fingerprint density at radius 3 is 2.24 bits per heavy atom. The minimum absolute atomic E-state index is 0.0417. The molecule has 0 aliphatic carbocycles. The molecule has 3 aromatic carbocycles. The number of rotatable bonds is 7. The van der Waals surface area contributed by atoms with Crippen molar-refractivity contribution in [3.05, 3.63) is 124 Å². The molecule has 2 aliphatic rings. The first-order valence-electron chi connectivity index (χ1n) is 15.8. The van der Waals surface area contributed by atoms with Gasteiger partial charge in [0.1, 0.15) is 17.8 Å². The van der Waals surface area contributed by atoms with Gasteiger partial charge in [-0.15, -0.1) is 11.3 Å². The molecule has 3 heterocycles. The Morgan fingerprint density at radius 1 is 0.978 bits per heavy atom. The predicted molar refractivity (Wildman–Crippen MR) is 188 cm³/mol. The largest absolute Gasteiger partial charge is 0.375 e. The summed E-state index contributed by atoms with van der Waals surface area (Å²) in [7, 11) is 0. The predicted octanol–water partition coefficient (Wildman–Crippen LogP) is 10.1. The highest BCUT2D eigenvalue weighted by atomic mass is 32.1. The van der Waals surface area contributed by atoms with Crippen LogP contribution in [0.15, 0.2) is 95.4 Å². The number of hydrogen-bond donors (Lipinski definition) is 2. The van der Waals surface area contributed by atoms with Crippen molar-refractivity contribution in [3.8, 4) is 11.1 Å². The van der Waals surface area contributed by atoms with Gasteiger partial charge in [-0.25, -0.2) is 8.78 Å². The maximum Gasteiger partial charge on any atom is 0.138 e. The lowest BCUT2D eigenvalue weighted by molar-refractivity contribution is 0.233. The van der Waals surface area contributed by atoms with E-state index >= 15 is 0 Å². The second kappa shape index (κ2) is 17.0. The SMILES string of the molecule is C=C(C)N1CCC(NC2N=CNc3c(-c4cccc(F)c4)csc32)CC1.CCCCc1cccc(F)c1.Cc1ccccc1C. The number of nitrogens with zero attached hydrogens (tertiary/aromatic N) is 2. The van der Waals surface area contributed by atoms with Gasteiger partial charge in [0.15, 0.2) is 0 Å². The molecule has 6 rings (SSSR count). The van der Waals surface area contributed by atoms with Crippen LogP contribution in [0.3, 0.4) is 0 Å². The minimum Gasteiger partial charge on any atom is -0.375 e. The first kappa shape index (κ1) is 34.1. The van der Waals surface area contributed by atoms with Crippen molar-refractivity contribution in [1.82, 2.24) is 10.2 Å². The molecular weight excluding hydrogens is 583 g/mol. The van der Waals surface area contributed by atoms with Crippen LogP contribution in [-0.2, 0) is 6.42 Å². The number of hydrogen-bond acceptors (Lipinski definition) is 5. The highest BCUT2D eigenvalue weighted by Gasteiger charge is 2.27. The molecule has 238 valence electrons. The molecular formula is C38H46F2N4S. The minimum atomic E-state index is -0.217. The number of unbranched alkanes of at least 4 members (excludes halogenated alkanes) is 1. The van der Waals surface area contributed by atoms with Gasteiger partial charge in [0.05, 0.1) is 16.9 Å². The number of benzene rings is 3. The van der Waals surface area contributed by atoms with Crippen molar-refractivity contribution in [2.45, 2.75) is 72.0 Å². The van der Waals surface area contributed by atoms with Crippen LogP contribution >= 0.6 is 11.3 Å². The number of allylic oxidation sites excluding steroid dienone is 1. The fourth-order valence-corrected chi connectivity index (χ4v) is 6.38. The maximum atomic E-state index is 13.6. The Balaban J connectivity index is 0.000000198. The molecule has 0 amide bonds. The second-order valence-corrected chi connectivity index (χ2v) is 12.6. The molecule has 45 heavy (non-hydrogen) atoms. The molecule has 1 aromatic heterocycles. The number of aryl methyl sites for hydroxylation is 3. The van der Waals surface area contributed by atoms with E-state index in [1.54, 1.807) is 41.9 Å². The highest BCUT2D eigenvalue weighted by Crippen LogP contribution is 2.42. The van der Waals surface area contributed by atoms with E-state index in [0.29, 0.717) is 6.04 Å². The Hall–Kier alpha value is -3.81. The fourth-order valence-electron chi connectivity index (χ4n) is 5.34. The first-order chi connectivity index (χ1) is 21.7. The number of thiophene rings is 1. The summed E-state index contributed by atoms with van der Waals surface area (Å²) in [5.41, 5.74) is 7.93. The Bertz CT molecular complexity index is 1530. The molecule has 1 atom stereocenters. The van der Waals surface area contributed by atoms with Gasteiger partial charge in [-0.2, -0.15) is 0 Å². The van der Waals surface area contributed by atoms with Gasteiger partial charge in [-0.1, -0.05) is 68.5 Å². The first-order valence-corrected chi connectivity index (χ1v) is 16.7. The fraction of sp³-hybridized carbons (Fsp3) is 0.342. The van der Waals surface area contributed by atoms with E-state index in [1.807, 2.05) is 12.1 Å². The molecule has 0 radical (unpaired) electrons. The summed E-state index contributed by atoms with van der Waals surface area (Å²) in [4.78, 5) is 8.10. The smallest absolute Gasteiger partial charge is 0.138 e. The van der Waals surface area contributed by atoms with Crippen molar-refractivity contribution in [1.29, 1.82) is 0 Å². The third kappa shape index (κ3) is 10.1. The van der Waals surface area contributed by atoms with E-state index in [0.717, 1.165) is 78.1 Å². The molecule has 2 aliphatic heterocycles. The zero-order valence-corrected chi connectivity index (χ0v) is 27.8. The number of anilines is 1. The molecule has 1 unspecified atom stereocenters. The van der Waals surface area contributed by atoms with Gasteiger partial charge in [-0.05, 0) is 93.0 Å². The molecule has 7 heteroatoms. The second-order valence-electron chi connectivity index (χ2n) is 11.7. The average Bonchev–Trinajstić information content (AvgIpc) is 3.48. The van der Waals surface area contributed by atoms with Crippen LogP contribution < -0.4 is 10.6 Å². The summed E-state index contributed by atoms with van der Waals surface area (Å²) in [6, 6.07) is 22.4.